The zero-order valence-electron chi connectivity index (χ0n) is 13.5. The van der Waals surface area contributed by atoms with Crippen LogP contribution in [0.4, 0.5) is 0 Å². The van der Waals surface area contributed by atoms with E-state index in [4.69, 9.17) is 15.3 Å². The quantitative estimate of drug-likeness (QED) is 0.401. The Morgan fingerprint density at radius 2 is 1.09 bits per heavy atom. The van der Waals surface area contributed by atoms with Gasteiger partial charge in [0.05, 0.1) is 19.8 Å². The molecule has 0 aliphatic carbocycles. The summed E-state index contributed by atoms with van der Waals surface area (Å²) < 4.78 is 0. The summed E-state index contributed by atoms with van der Waals surface area (Å²) in [6.07, 6.45) is 2.73. The van der Waals surface area contributed by atoms with E-state index in [9.17, 15) is 9.59 Å². The summed E-state index contributed by atoms with van der Waals surface area (Å²) in [5, 5.41) is 26.7. The van der Waals surface area contributed by atoms with Crippen molar-refractivity contribution in [2.75, 3.05) is 46.0 Å². The molecule has 0 rings (SSSR count). The average molecular weight is 318 g/mol. The van der Waals surface area contributed by atoms with E-state index in [0.717, 1.165) is 6.42 Å². The highest BCUT2D eigenvalue weighted by atomic mass is 16.3. The first kappa shape index (κ1) is 20.8. The van der Waals surface area contributed by atoms with Gasteiger partial charge in [0.25, 0.3) is 0 Å². The van der Waals surface area contributed by atoms with Gasteiger partial charge in [0, 0.05) is 39.0 Å². The summed E-state index contributed by atoms with van der Waals surface area (Å²) in [4.78, 5) is 26.9. The summed E-state index contributed by atoms with van der Waals surface area (Å²) in [7, 11) is 0. The van der Waals surface area contributed by atoms with E-state index in [2.05, 4.69) is 0 Å². The first-order chi connectivity index (χ1) is 10.6. The van der Waals surface area contributed by atoms with Crippen LogP contribution in [0, 0.1) is 0 Å². The molecule has 0 fully saturated rings. The van der Waals surface area contributed by atoms with Crippen LogP contribution < -0.4 is 0 Å². The minimum atomic E-state index is -0.128. The third-order valence-electron chi connectivity index (χ3n) is 3.34. The van der Waals surface area contributed by atoms with E-state index < -0.39 is 0 Å². The minimum Gasteiger partial charge on any atom is -0.395 e. The molecule has 0 heterocycles. The fourth-order valence-corrected chi connectivity index (χ4v) is 2.22. The number of nitrogens with zero attached hydrogens (tertiary/aromatic N) is 2. The highest BCUT2D eigenvalue weighted by molar-refractivity contribution is 5.77. The molecule has 3 N–H and O–H groups in total. The Hall–Kier alpha value is -1.18. The maximum Gasteiger partial charge on any atom is 0.222 e. The number of unbranched alkanes of at least 4 members (excludes halogenated alkanes) is 1. The van der Waals surface area contributed by atoms with Gasteiger partial charge in [0.1, 0.15) is 0 Å². The van der Waals surface area contributed by atoms with E-state index in [-0.39, 0.29) is 44.7 Å². The Morgan fingerprint density at radius 1 is 0.727 bits per heavy atom. The largest absolute Gasteiger partial charge is 0.395 e. The highest BCUT2D eigenvalue weighted by Gasteiger charge is 2.14. The maximum absolute atomic E-state index is 12.0. The lowest BCUT2D eigenvalue weighted by molar-refractivity contribution is -0.134. The molecular weight excluding hydrogens is 288 g/mol. The molecule has 0 aliphatic rings. The molecule has 0 aliphatic heterocycles. The van der Waals surface area contributed by atoms with Gasteiger partial charge in [-0.15, -0.1) is 0 Å². The van der Waals surface area contributed by atoms with Crippen molar-refractivity contribution < 1.29 is 24.9 Å². The molecule has 0 saturated heterocycles. The van der Waals surface area contributed by atoms with Gasteiger partial charge in [-0.25, -0.2) is 0 Å². The monoisotopic (exact) mass is 318 g/mol. The topological polar surface area (TPSA) is 101 Å². The van der Waals surface area contributed by atoms with Crippen LogP contribution in [-0.4, -0.2) is 82.9 Å². The van der Waals surface area contributed by atoms with Gasteiger partial charge < -0.3 is 25.1 Å². The fourth-order valence-electron chi connectivity index (χ4n) is 2.22. The zero-order chi connectivity index (χ0) is 16.8. The molecule has 0 aromatic carbocycles. The second-order valence-electron chi connectivity index (χ2n) is 5.14. The highest BCUT2D eigenvalue weighted by Crippen LogP contribution is 2.06. The lowest BCUT2D eigenvalue weighted by Gasteiger charge is -2.22. The third-order valence-corrected chi connectivity index (χ3v) is 3.34. The standard InChI is InChI=1S/C15H30N2O5/c1-2-7-16(8-11-18)14(21)5-3-4-6-15(22)17(9-12-19)10-13-20/h18-20H,2-13H2,1H3. The van der Waals surface area contributed by atoms with Gasteiger partial charge in [-0.1, -0.05) is 6.92 Å². The van der Waals surface area contributed by atoms with E-state index >= 15 is 0 Å². The van der Waals surface area contributed by atoms with Crippen LogP contribution in [0.2, 0.25) is 0 Å². The zero-order valence-corrected chi connectivity index (χ0v) is 13.5. The molecule has 7 heteroatoms. The Bertz CT molecular complexity index is 270. The number of aliphatic hydroxyl groups is 3. The fraction of sp³-hybridized carbons (Fsp3) is 0.867. The van der Waals surface area contributed by atoms with Crippen molar-refractivity contribution in [3.05, 3.63) is 0 Å². The molecule has 7 nitrogen and oxygen atoms in total. The number of hydrogen-bond acceptors (Lipinski definition) is 5. The summed E-state index contributed by atoms with van der Waals surface area (Å²) in [6.45, 7) is 3.12. The SMILES string of the molecule is CCCN(CCO)C(=O)CCCCC(=O)N(CCO)CCO. The molecule has 0 unspecified atom stereocenters. The van der Waals surface area contributed by atoms with Gasteiger partial charge in [-0.3, -0.25) is 9.59 Å². The molecule has 130 valence electrons. The molecule has 0 spiro atoms. The van der Waals surface area contributed by atoms with Gasteiger partial charge in [0.15, 0.2) is 0 Å². The van der Waals surface area contributed by atoms with Crippen LogP contribution >= 0.6 is 0 Å². The second kappa shape index (κ2) is 13.5. The molecule has 0 bridgehead atoms. The van der Waals surface area contributed by atoms with Crippen molar-refractivity contribution >= 4 is 11.8 Å². The minimum absolute atomic E-state index is 0.00548. The number of amides is 2. The Kier molecular flexibility index (Phi) is 12.8. The van der Waals surface area contributed by atoms with E-state index in [1.807, 2.05) is 6.92 Å². The van der Waals surface area contributed by atoms with Crippen LogP contribution in [0.3, 0.4) is 0 Å². The lowest BCUT2D eigenvalue weighted by atomic mass is 10.1. The summed E-state index contributed by atoms with van der Waals surface area (Å²) in [5.41, 5.74) is 0. The summed E-state index contributed by atoms with van der Waals surface area (Å²) >= 11 is 0. The van der Waals surface area contributed by atoms with Crippen LogP contribution in [0.5, 0.6) is 0 Å². The predicted octanol–water partition coefficient (Wildman–Crippen LogP) is -0.409. The van der Waals surface area contributed by atoms with E-state index in [1.54, 1.807) is 4.90 Å². The van der Waals surface area contributed by atoms with Crippen LogP contribution in [-0.2, 0) is 9.59 Å². The Labute approximate surface area is 132 Å². The molecule has 0 saturated carbocycles. The number of hydrogen-bond donors (Lipinski definition) is 3. The molecule has 2 amide bonds. The first-order valence-electron chi connectivity index (χ1n) is 7.98. The van der Waals surface area contributed by atoms with Crippen LogP contribution in [0.15, 0.2) is 0 Å². The summed E-state index contributed by atoms with van der Waals surface area (Å²) in [6, 6.07) is 0. The lowest BCUT2D eigenvalue weighted by Crippen LogP contribution is -2.36. The average Bonchev–Trinajstić information content (AvgIpc) is 2.50. The number of aliphatic hydroxyl groups excluding tert-OH is 3. The van der Waals surface area contributed by atoms with E-state index in [0.29, 0.717) is 38.8 Å². The third kappa shape index (κ3) is 8.96. The van der Waals surface area contributed by atoms with E-state index in [1.165, 1.54) is 4.90 Å². The molecular formula is C15H30N2O5. The van der Waals surface area contributed by atoms with Crippen molar-refractivity contribution in [3.8, 4) is 0 Å². The van der Waals surface area contributed by atoms with Crippen molar-refractivity contribution in [3.63, 3.8) is 0 Å². The number of rotatable bonds is 13. The Balaban J connectivity index is 4.03. The molecule has 0 aromatic heterocycles. The number of carbonyl (C=O) groups is 2. The van der Waals surface area contributed by atoms with Gasteiger partial charge in [0.2, 0.25) is 11.8 Å². The van der Waals surface area contributed by atoms with Crippen molar-refractivity contribution in [2.45, 2.75) is 39.0 Å². The van der Waals surface area contributed by atoms with Gasteiger partial charge >= 0.3 is 0 Å². The molecule has 22 heavy (non-hydrogen) atoms. The van der Waals surface area contributed by atoms with Gasteiger partial charge in [-0.05, 0) is 19.3 Å². The van der Waals surface area contributed by atoms with Crippen molar-refractivity contribution in [2.24, 2.45) is 0 Å². The molecule has 0 aromatic rings. The van der Waals surface area contributed by atoms with Crippen LogP contribution in [0.1, 0.15) is 39.0 Å². The smallest absolute Gasteiger partial charge is 0.222 e. The first-order valence-corrected chi connectivity index (χ1v) is 7.98. The van der Waals surface area contributed by atoms with Crippen LogP contribution in [0.25, 0.3) is 0 Å². The second-order valence-corrected chi connectivity index (χ2v) is 5.14. The number of carbonyl (C=O) groups excluding carboxylic acids is 2. The normalized spacial score (nSPS) is 10.5. The van der Waals surface area contributed by atoms with Gasteiger partial charge in [-0.2, -0.15) is 0 Å². The molecule has 0 atom stereocenters. The summed E-state index contributed by atoms with van der Waals surface area (Å²) in [5.74, 6) is -0.109. The van der Waals surface area contributed by atoms with Crippen molar-refractivity contribution in [1.82, 2.24) is 9.80 Å². The Morgan fingerprint density at radius 3 is 1.41 bits per heavy atom. The predicted molar refractivity (Wildman–Crippen MR) is 83.2 cm³/mol. The molecule has 0 radical (unpaired) electrons. The van der Waals surface area contributed by atoms with Crippen molar-refractivity contribution in [1.29, 1.82) is 0 Å². The maximum atomic E-state index is 12.0.